The summed E-state index contributed by atoms with van der Waals surface area (Å²) in [6.45, 7) is 4.43. The molecule has 0 aliphatic carbocycles. The summed E-state index contributed by atoms with van der Waals surface area (Å²) < 4.78 is 10.8. The molecule has 1 aromatic heterocycles. The van der Waals surface area contributed by atoms with Crippen molar-refractivity contribution in [3.05, 3.63) is 65.4 Å². The second-order valence-corrected chi connectivity index (χ2v) is 7.52. The summed E-state index contributed by atoms with van der Waals surface area (Å²) in [7, 11) is 0. The first-order valence-electron chi connectivity index (χ1n) is 10.2. The van der Waals surface area contributed by atoms with E-state index in [9.17, 15) is 4.79 Å². The van der Waals surface area contributed by atoms with Gasteiger partial charge in [-0.15, -0.1) is 0 Å². The van der Waals surface area contributed by atoms with Crippen molar-refractivity contribution in [1.29, 1.82) is 0 Å². The molecular formula is C24H25N3O3. The molecule has 154 valence electrons. The van der Waals surface area contributed by atoms with Gasteiger partial charge in [-0.1, -0.05) is 44.5 Å². The number of ether oxygens (including phenoxy) is 2. The third kappa shape index (κ3) is 4.43. The molecule has 3 aromatic rings. The van der Waals surface area contributed by atoms with Gasteiger partial charge in [-0.2, -0.15) is 5.10 Å². The van der Waals surface area contributed by atoms with Crippen LogP contribution in [-0.4, -0.2) is 23.9 Å². The van der Waals surface area contributed by atoms with E-state index in [-0.39, 0.29) is 18.6 Å². The number of nitrogens with zero attached hydrogens (tertiary/aromatic N) is 2. The maximum absolute atomic E-state index is 12.8. The van der Waals surface area contributed by atoms with E-state index in [0.29, 0.717) is 5.56 Å². The molecule has 0 saturated carbocycles. The lowest BCUT2D eigenvalue weighted by Gasteiger charge is -2.09. The smallest absolute Gasteiger partial charge is 0.272 e. The number of nitrogens with one attached hydrogen (secondary N) is 1. The lowest BCUT2D eigenvalue weighted by molar-refractivity contribution is 0.0956. The van der Waals surface area contributed by atoms with Crippen LogP contribution in [0.3, 0.4) is 0 Å². The average Bonchev–Trinajstić information content (AvgIpc) is 3.21. The number of aromatic nitrogens is 1. The van der Waals surface area contributed by atoms with E-state index in [1.807, 2.05) is 48.5 Å². The molecule has 6 nitrogen and oxygen atoms in total. The Morgan fingerprint density at radius 3 is 2.90 bits per heavy atom. The third-order valence-electron chi connectivity index (χ3n) is 5.01. The third-order valence-corrected chi connectivity index (χ3v) is 5.01. The van der Waals surface area contributed by atoms with Crippen molar-refractivity contribution in [3.63, 3.8) is 0 Å². The SMILES string of the molecule is CCCc1cc(C(=O)NN=CC(C)Cc2ccc3c(c2)OCO3)c2ccccc2n1. The summed E-state index contributed by atoms with van der Waals surface area (Å²) >= 11 is 0. The second-order valence-electron chi connectivity index (χ2n) is 7.52. The van der Waals surface area contributed by atoms with Gasteiger partial charge in [0.25, 0.3) is 5.91 Å². The summed E-state index contributed by atoms with van der Waals surface area (Å²) in [4.78, 5) is 17.5. The molecule has 4 rings (SSSR count). The van der Waals surface area contributed by atoms with E-state index >= 15 is 0 Å². The van der Waals surface area contributed by atoms with Crippen LogP contribution in [0.4, 0.5) is 0 Å². The number of rotatable bonds is 7. The van der Waals surface area contributed by atoms with E-state index in [0.717, 1.165) is 52.9 Å². The Morgan fingerprint density at radius 1 is 1.20 bits per heavy atom. The average molecular weight is 403 g/mol. The molecule has 0 saturated heterocycles. The molecule has 1 atom stereocenters. The maximum Gasteiger partial charge on any atom is 0.272 e. The highest BCUT2D eigenvalue weighted by molar-refractivity contribution is 6.06. The van der Waals surface area contributed by atoms with E-state index in [1.165, 1.54) is 0 Å². The number of pyridine rings is 1. The van der Waals surface area contributed by atoms with Crippen LogP contribution in [0.1, 0.15) is 41.9 Å². The molecule has 1 amide bonds. The van der Waals surface area contributed by atoms with E-state index in [2.05, 4.69) is 29.4 Å². The maximum atomic E-state index is 12.8. The number of hydrogen-bond donors (Lipinski definition) is 1. The topological polar surface area (TPSA) is 72.8 Å². The number of hydrazone groups is 1. The number of para-hydroxylation sites is 1. The Kier molecular flexibility index (Phi) is 5.93. The van der Waals surface area contributed by atoms with E-state index in [4.69, 9.17) is 9.47 Å². The lowest BCUT2D eigenvalue weighted by Crippen LogP contribution is -2.19. The van der Waals surface area contributed by atoms with Crippen molar-refractivity contribution in [2.45, 2.75) is 33.1 Å². The number of carbonyl (C=O) groups excluding carboxylic acids is 1. The van der Waals surface area contributed by atoms with Crippen LogP contribution in [-0.2, 0) is 12.8 Å². The zero-order valence-corrected chi connectivity index (χ0v) is 17.2. The molecule has 1 aliphatic heterocycles. The predicted molar refractivity (Wildman–Crippen MR) is 117 cm³/mol. The van der Waals surface area contributed by atoms with Gasteiger partial charge in [-0.25, -0.2) is 5.43 Å². The predicted octanol–water partition coefficient (Wildman–Crippen LogP) is 4.51. The fraction of sp³-hybridized carbons (Fsp3) is 0.292. The number of benzene rings is 2. The molecule has 2 heterocycles. The van der Waals surface area contributed by atoms with Crippen molar-refractivity contribution in [1.82, 2.24) is 10.4 Å². The fourth-order valence-electron chi connectivity index (χ4n) is 3.58. The Hall–Kier alpha value is -3.41. The standard InChI is InChI=1S/C24H25N3O3/c1-3-6-18-13-20(19-7-4-5-8-21(19)26-18)24(28)27-25-14-16(2)11-17-9-10-22-23(12-17)30-15-29-22/h4-5,7-10,12-14,16H,3,6,11,15H2,1-2H3,(H,27,28). The summed E-state index contributed by atoms with van der Waals surface area (Å²) in [5.74, 6) is 1.48. The van der Waals surface area contributed by atoms with Crippen molar-refractivity contribution >= 4 is 23.0 Å². The second kappa shape index (κ2) is 8.95. The van der Waals surface area contributed by atoms with Crippen LogP contribution >= 0.6 is 0 Å². The Labute approximate surface area is 175 Å². The first-order chi connectivity index (χ1) is 14.6. The quantitative estimate of drug-likeness (QED) is 0.465. The van der Waals surface area contributed by atoms with Crippen LogP contribution in [0, 0.1) is 5.92 Å². The summed E-state index contributed by atoms with van der Waals surface area (Å²) in [6, 6.07) is 15.5. The highest BCUT2D eigenvalue weighted by Gasteiger charge is 2.15. The summed E-state index contributed by atoms with van der Waals surface area (Å²) in [5, 5.41) is 5.03. The largest absolute Gasteiger partial charge is 0.454 e. The zero-order chi connectivity index (χ0) is 20.9. The highest BCUT2D eigenvalue weighted by Crippen LogP contribution is 2.33. The van der Waals surface area contributed by atoms with Crippen LogP contribution in [0.25, 0.3) is 10.9 Å². The van der Waals surface area contributed by atoms with Gasteiger partial charge in [0.1, 0.15) is 0 Å². The monoisotopic (exact) mass is 403 g/mol. The van der Waals surface area contributed by atoms with Gasteiger partial charge >= 0.3 is 0 Å². The molecule has 1 aliphatic rings. The normalized spacial score (nSPS) is 13.7. The molecular weight excluding hydrogens is 378 g/mol. The van der Waals surface area contributed by atoms with Gasteiger partial charge in [-0.05, 0) is 48.6 Å². The molecule has 6 heteroatoms. The van der Waals surface area contributed by atoms with Gasteiger partial charge in [0.15, 0.2) is 11.5 Å². The van der Waals surface area contributed by atoms with Crippen molar-refractivity contribution in [2.24, 2.45) is 11.0 Å². The molecule has 1 N–H and O–H groups in total. The van der Waals surface area contributed by atoms with Crippen LogP contribution in [0.2, 0.25) is 0 Å². The van der Waals surface area contributed by atoms with Gasteiger partial charge in [0, 0.05) is 17.3 Å². The molecule has 1 unspecified atom stereocenters. The minimum Gasteiger partial charge on any atom is -0.454 e. The Bertz CT molecular complexity index is 1090. The highest BCUT2D eigenvalue weighted by atomic mass is 16.7. The summed E-state index contributed by atoms with van der Waals surface area (Å²) in [5.41, 5.74) is 6.16. The van der Waals surface area contributed by atoms with E-state index in [1.54, 1.807) is 6.21 Å². The summed E-state index contributed by atoms with van der Waals surface area (Å²) in [6.07, 6.45) is 4.36. The van der Waals surface area contributed by atoms with Crippen LogP contribution in [0.5, 0.6) is 11.5 Å². The number of amides is 1. The first-order valence-corrected chi connectivity index (χ1v) is 10.2. The number of aryl methyl sites for hydroxylation is 1. The van der Waals surface area contributed by atoms with Crippen LogP contribution in [0.15, 0.2) is 53.6 Å². The molecule has 30 heavy (non-hydrogen) atoms. The number of hydrogen-bond acceptors (Lipinski definition) is 5. The molecule has 0 fully saturated rings. The van der Waals surface area contributed by atoms with Gasteiger partial charge < -0.3 is 9.47 Å². The Balaban J connectivity index is 1.43. The lowest BCUT2D eigenvalue weighted by atomic mass is 10.0. The van der Waals surface area contributed by atoms with E-state index < -0.39 is 0 Å². The van der Waals surface area contributed by atoms with Crippen molar-refractivity contribution in [2.75, 3.05) is 6.79 Å². The van der Waals surface area contributed by atoms with Crippen molar-refractivity contribution in [3.8, 4) is 11.5 Å². The number of carbonyl (C=O) groups is 1. The molecule has 0 radical (unpaired) electrons. The molecule has 2 aromatic carbocycles. The van der Waals surface area contributed by atoms with Crippen molar-refractivity contribution < 1.29 is 14.3 Å². The molecule has 0 spiro atoms. The minimum atomic E-state index is -0.225. The molecule has 0 bridgehead atoms. The Morgan fingerprint density at radius 2 is 2.03 bits per heavy atom. The first kappa shape index (κ1) is 19.9. The van der Waals surface area contributed by atoms with Gasteiger partial charge in [0.2, 0.25) is 6.79 Å². The fourth-order valence-corrected chi connectivity index (χ4v) is 3.58. The number of fused-ring (bicyclic) bond motifs is 2. The zero-order valence-electron chi connectivity index (χ0n) is 17.2. The van der Waals surface area contributed by atoms with Crippen LogP contribution < -0.4 is 14.9 Å². The van der Waals surface area contributed by atoms with Gasteiger partial charge in [-0.3, -0.25) is 9.78 Å². The van der Waals surface area contributed by atoms with Gasteiger partial charge in [0.05, 0.1) is 11.1 Å². The minimum absolute atomic E-state index is 0.149.